The second kappa shape index (κ2) is 5.58. The number of benzene rings is 2. The first-order valence-electron chi connectivity index (χ1n) is 5.85. The molecule has 0 aliphatic heterocycles. The van der Waals surface area contributed by atoms with Crippen molar-refractivity contribution < 1.29 is 24.0 Å². The van der Waals surface area contributed by atoms with Gasteiger partial charge < -0.3 is 9.84 Å². The number of nitro groups is 1. The Morgan fingerprint density at radius 3 is 2.57 bits per heavy atom. The molecular weight excluding hydrogens is 281 g/mol. The molecule has 0 unspecified atom stereocenters. The highest BCUT2D eigenvalue weighted by atomic mass is 19.1. The molecule has 0 aromatic heterocycles. The van der Waals surface area contributed by atoms with Crippen LogP contribution < -0.4 is 4.74 Å². The number of nitrogens with zero attached hydrogens (tertiary/aromatic N) is 1. The number of aromatic carboxylic acids is 1. The largest absolute Gasteiger partial charge is 0.477 e. The van der Waals surface area contributed by atoms with Gasteiger partial charge in [0.25, 0.3) is 0 Å². The standard InChI is InChI=1S/C14H10FNO5/c1-8-4-2-6-10(16(19)20)13(8)21-11-7-3-5-9(15)12(11)14(17)18/h2-7H,1H3,(H,17,18). The van der Waals surface area contributed by atoms with Crippen LogP contribution in [0.3, 0.4) is 0 Å². The number of hydrogen-bond donors (Lipinski definition) is 1. The quantitative estimate of drug-likeness (QED) is 0.687. The first kappa shape index (κ1) is 14.4. The van der Waals surface area contributed by atoms with E-state index >= 15 is 0 Å². The topological polar surface area (TPSA) is 89.7 Å². The summed E-state index contributed by atoms with van der Waals surface area (Å²) in [5.74, 6) is -2.90. The van der Waals surface area contributed by atoms with Gasteiger partial charge in [-0.05, 0) is 24.6 Å². The van der Waals surface area contributed by atoms with Crippen LogP contribution in [0.5, 0.6) is 11.5 Å². The van der Waals surface area contributed by atoms with Gasteiger partial charge in [-0.1, -0.05) is 18.2 Å². The van der Waals surface area contributed by atoms with E-state index in [0.29, 0.717) is 5.56 Å². The van der Waals surface area contributed by atoms with Crippen molar-refractivity contribution in [3.63, 3.8) is 0 Å². The van der Waals surface area contributed by atoms with E-state index in [4.69, 9.17) is 9.84 Å². The van der Waals surface area contributed by atoms with Crippen LogP contribution in [0.2, 0.25) is 0 Å². The highest BCUT2D eigenvalue weighted by Crippen LogP contribution is 2.36. The molecule has 0 amide bonds. The molecule has 2 aromatic rings. The van der Waals surface area contributed by atoms with Gasteiger partial charge in [0.2, 0.25) is 5.75 Å². The lowest BCUT2D eigenvalue weighted by atomic mass is 10.1. The molecule has 2 aromatic carbocycles. The van der Waals surface area contributed by atoms with Crippen molar-refractivity contribution in [3.8, 4) is 11.5 Å². The van der Waals surface area contributed by atoms with Crippen molar-refractivity contribution in [1.82, 2.24) is 0 Å². The van der Waals surface area contributed by atoms with E-state index in [1.807, 2.05) is 0 Å². The zero-order valence-corrected chi connectivity index (χ0v) is 10.9. The van der Waals surface area contributed by atoms with E-state index in [0.717, 1.165) is 6.07 Å². The fourth-order valence-electron chi connectivity index (χ4n) is 1.82. The van der Waals surface area contributed by atoms with E-state index in [1.165, 1.54) is 24.3 Å². The number of carboxylic acid groups (broad SMARTS) is 1. The fraction of sp³-hybridized carbons (Fsp3) is 0.0714. The Balaban J connectivity index is 2.56. The summed E-state index contributed by atoms with van der Waals surface area (Å²) >= 11 is 0. The molecule has 2 rings (SSSR count). The summed E-state index contributed by atoms with van der Waals surface area (Å²) in [6.45, 7) is 1.57. The first-order valence-corrected chi connectivity index (χ1v) is 5.85. The maximum Gasteiger partial charge on any atom is 0.342 e. The number of aryl methyl sites for hydroxylation is 1. The second-order valence-electron chi connectivity index (χ2n) is 4.20. The first-order chi connectivity index (χ1) is 9.91. The van der Waals surface area contributed by atoms with Gasteiger partial charge in [0.1, 0.15) is 17.1 Å². The fourth-order valence-corrected chi connectivity index (χ4v) is 1.82. The van der Waals surface area contributed by atoms with Crippen molar-refractivity contribution in [3.05, 3.63) is 63.5 Å². The lowest BCUT2D eigenvalue weighted by molar-refractivity contribution is -0.385. The van der Waals surface area contributed by atoms with Crippen molar-refractivity contribution in [2.75, 3.05) is 0 Å². The van der Waals surface area contributed by atoms with Crippen LogP contribution in [-0.2, 0) is 0 Å². The van der Waals surface area contributed by atoms with Gasteiger partial charge in [-0.25, -0.2) is 9.18 Å². The van der Waals surface area contributed by atoms with Gasteiger partial charge in [0.05, 0.1) is 4.92 Å². The third kappa shape index (κ3) is 2.81. The van der Waals surface area contributed by atoms with Crippen molar-refractivity contribution in [2.45, 2.75) is 6.92 Å². The minimum atomic E-state index is -1.51. The number of rotatable bonds is 4. The second-order valence-corrected chi connectivity index (χ2v) is 4.20. The van der Waals surface area contributed by atoms with E-state index in [2.05, 4.69) is 0 Å². The summed E-state index contributed by atoms with van der Waals surface area (Å²) in [5.41, 5.74) is -0.560. The number of halogens is 1. The number of ether oxygens (including phenoxy) is 1. The number of nitro benzene ring substituents is 1. The zero-order chi connectivity index (χ0) is 15.6. The SMILES string of the molecule is Cc1cccc([N+](=O)[O-])c1Oc1cccc(F)c1C(=O)O. The lowest BCUT2D eigenvalue weighted by Crippen LogP contribution is -2.04. The number of hydrogen-bond acceptors (Lipinski definition) is 4. The van der Waals surface area contributed by atoms with Gasteiger partial charge in [-0.2, -0.15) is 0 Å². The highest BCUT2D eigenvalue weighted by Gasteiger charge is 2.22. The summed E-state index contributed by atoms with van der Waals surface area (Å²) in [5, 5.41) is 20.0. The molecule has 0 saturated heterocycles. The Morgan fingerprint density at radius 1 is 1.29 bits per heavy atom. The molecule has 0 radical (unpaired) electrons. The number of carbonyl (C=O) groups is 1. The molecule has 1 N–H and O–H groups in total. The Labute approximate surface area is 118 Å². The van der Waals surface area contributed by atoms with Crippen molar-refractivity contribution in [1.29, 1.82) is 0 Å². The molecule has 0 aliphatic carbocycles. The molecule has 0 bridgehead atoms. The molecular formula is C14H10FNO5. The van der Waals surface area contributed by atoms with Gasteiger partial charge in [0.15, 0.2) is 0 Å². The van der Waals surface area contributed by atoms with Gasteiger partial charge in [0, 0.05) is 6.07 Å². The smallest absolute Gasteiger partial charge is 0.342 e. The molecule has 0 saturated carbocycles. The van der Waals surface area contributed by atoms with Crippen LogP contribution in [0.4, 0.5) is 10.1 Å². The number of para-hydroxylation sites is 1. The summed E-state index contributed by atoms with van der Waals surface area (Å²) in [6.07, 6.45) is 0. The molecule has 7 heteroatoms. The molecule has 0 fully saturated rings. The molecule has 0 spiro atoms. The average molecular weight is 291 g/mol. The zero-order valence-electron chi connectivity index (χ0n) is 10.9. The summed E-state index contributed by atoms with van der Waals surface area (Å²) < 4.78 is 18.9. The Bertz CT molecular complexity index is 729. The summed E-state index contributed by atoms with van der Waals surface area (Å²) in [7, 11) is 0. The average Bonchev–Trinajstić information content (AvgIpc) is 2.40. The third-order valence-electron chi connectivity index (χ3n) is 2.79. The minimum Gasteiger partial charge on any atom is -0.477 e. The normalized spacial score (nSPS) is 10.2. The van der Waals surface area contributed by atoms with Crippen LogP contribution in [0.1, 0.15) is 15.9 Å². The van der Waals surface area contributed by atoms with E-state index in [9.17, 15) is 19.3 Å². The molecule has 21 heavy (non-hydrogen) atoms. The molecule has 0 aliphatic rings. The summed E-state index contributed by atoms with van der Waals surface area (Å²) in [6, 6.07) is 7.75. The summed E-state index contributed by atoms with van der Waals surface area (Å²) in [4.78, 5) is 21.4. The lowest BCUT2D eigenvalue weighted by Gasteiger charge is -2.11. The Hall–Kier alpha value is -2.96. The van der Waals surface area contributed by atoms with Crippen LogP contribution in [0.25, 0.3) is 0 Å². The Morgan fingerprint density at radius 2 is 1.95 bits per heavy atom. The Kier molecular flexibility index (Phi) is 3.84. The van der Waals surface area contributed by atoms with E-state index in [1.54, 1.807) is 13.0 Å². The monoisotopic (exact) mass is 291 g/mol. The maximum absolute atomic E-state index is 13.6. The van der Waals surface area contributed by atoms with E-state index in [-0.39, 0.29) is 17.2 Å². The highest BCUT2D eigenvalue weighted by molar-refractivity contribution is 5.91. The predicted octanol–water partition coefficient (Wildman–Crippen LogP) is 3.53. The molecule has 108 valence electrons. The van der Waals surface area contributed by atoms with Gasteiger partial charge >= 0.3 is 11.7 Å². The third-order valence-corrected chi connectivity index (χ3v) is 2.79. The minimum absolute atomic E-state index is 0.115. The van der Waals surface area contributed by atoms with Crippen molar-refractivity contribution >= 4 is 11.7 Å². The van der Waals surface area contributed by atoms with Gasteiger partial charge in [-0.15, -0.1) is 0 Å². The van der Waals surface area contributed by atoms with Gasteiger partial charge in [-0.3, -0.25) is 10.1 Å². The molecule has 0 atom stereocenters. The van der Waals surface area contributed by atoms with Crippen molar-refractivity contribution in [2.24, 2.45) is 0 Å². The van der Waals surface area contributed by atoms with Crippen LogP contribution in [0, 0.1) is 22.9 Å². The molecule has 0 heterocycles. The van der Waals surface area contributed by atoms with Crippen LogP contribution in [0.15, 0.2) is 36.4 Å². The van der Waals surface area contributed by atoms with Crippen LogP contribution in [-0.4, -0.2) is 16.0 Å². The van der Waals surface area contributed by atoms with Crippen LogP contribution >= 0.6 is 0 Å². The van der Waals surface area contributed by atoms with E-state index < -0.39 is 22.3 Å². The number of carboxylic acids is 1. The molecule has 6 nitrogen and oxygen atoms in total. The predicted molar refractivity (Wildman–Crippen MR) is 71.3 cm³/mol. The maximum atomic E-state index is 13.6.